The van der Waals surface area contributed by atoms with Crippen LogP contribution in [0.4, 0.5) is 23.2 Å². The molecule has 2 heterocycles. The van der Waals surface area contributed by atoms with E-state index < -0.39 is 29.0 Å². The largest absolute Gasteiger partial charge is 0.438 e. The van der Waals surface area contributed by atoms with Crippen LogP contribution in [0.25, 0.3) is 11.4 Å². The van der Waals surface area contributed by atoms with E-state index in [4.69, 9.17) is 4.74 Å². The topological polar surface area (TPSA) is 89.9 Å². The van der Waals surface area contributed by atoms with E-state index in [1.165, 1.54) is 24.7 Å². The molecule has 2 aromatic heterocycles. The van der Waals surface area contributed by atoms with Crippen LogP contribution in [-0.4, -0.2) is 25.8 Å². The molecule has 0 aliphatic carbocycles. The van der Waals surface area contributed by atoms with Gasteiger partial charge >= 0.3 is 6.18 Å². The normalized spacial score (nSPS) is 11.2. The lowest BCUT2D eigenvalue weighted by molar-refractivity contribution is -0.137. The Morgan fingerprint density at radius 3 is 2.63 bits per heavy atom. The molecule has 0 saturated carbocycles. The van der Waals surface area contributed by atoms with Crippen molar-refractivity contribution in [3.05, 3.63) is 89.9 Å². The molecule has 0 atom stereocenters. The van der Waals surface area contributed by atoms with Crippen LogP contribution < -0.4 is 10.1 Å². The van der Waals surface area contributed by atoms with E-state index in [0.29, 0.717) is 23.6 Å². The minimum atomic E-state index is -4.59. The monoisotopic (exact) mass is 483 g/mol. The average molecular weight is 483 g/mol. The summed E-state index contributed by atoms with van der Waals surface area (Å²) < 4.78 is 59.0. The van der Waals surface area contributed by atoms with Gasteiger partial charge in [-0.05, 0) is 48.5 Å². The maximum atomic E-state index is 14.4. The average Bonchev–Trinajstić information content (AvgIpc) is 2.85. The van der Waals surface area contributed by atoms with E-state index in [1.54, 1.807) is 12.1 Å². The molecule has 1 amide bonds. The van der Waals surface area contributed by atoms with Crippen molar-refractivity contribution in [3.63, 3.8) is 0 Å². The molecule has 11 heteroatoms. The smallest absolute Gasteiger partial charge is 0.416 e. The summed E-state index contributed by atoms with van der Waals surface area (Å²) in [6, 6.07) is 10.8. The maximum absolute atomic E-state index is 14.4. The van der Waals surface area contributed by atoms with Gasteiger partial charge < -0.3 is 10.1 Å². The van der Waals surface area contributed by atoms with Gasteiger partial charge in [-0.1, -0.05) is 13.0 Å². The lowest BCUT2D eigenvalue weighted by Gasteiger charge is -2.12. The first-order valence-corrected chi connectivity index (χ1v) is 10.3. The van der Waals surface area contributed by atoms with Crippen molar-refractivity contribution in [2.45, 2.75) is 19.5 Å². The molecule has 0 spiro atoms. The van der Waals surface area contributed by atoms with E-state index in [1.807, 2.05) is 6.92 Å². The highest BCUT2D eigenvalue weighted by atomic mass is 19.4. The van der Waals surface area contributed by atoms with Gasteiger partial charge in [0.15, 0.2) is 5.82 Å². The Kier molecular flexibility index (Phi) is 6.67. The zero-order valence-electron chi connectivity index (χ0n) is 18.2. The van der Waals surface area contributed by atoms with E-state index >= 15 is 0 Å². The van der Waals surface area contributed by atoms with E-state index in [9.17, 15) is 22.4 Å². The highest BCUT2D eigenvalue weighted by Gasteiger charge is 2.30. The lowest BCUT2D eigenvalue weighted by Crippen LogP contribution is -2.15. The Hall–Kier alpha value is -4.41. The summed E-state index contributed by atoms with van der Waals surface area (Å²) in [5.41, 5.74) is -1.06. The molecule has 0 bridgehead atoms. The zero-order chi connectivity index (χ0) is 25.0. The van der Waals surface area contributed by atoms with Gasteiger partial charge in [0, 0.05) is 18.3 Å². The number of anilines is 1. The van der Waals surface area contributed by atoms with Gasteiger partial charge in [0.2, 0.25) is 5.88 Å². The van der Waals surface area contributed by atoms with Crippen LogP contribution in [0.3, 0.4) is 0 Å². The van der Waals surface area contributed by atoms with Gasteiger partial charge in [-0.25, -0.2) is 24.3 Å². The third kappa shape index (κ3) is 5.57. The summed E-state index contributed by atoms with van der Waals surface area (Å²) in [6.45, 7) is 1.89. The highest BCUT2D eigenvalue weighted by Crippen LogP contribution is 2.32. The molecule has 0 radical (unpaired) electrons. The molecular weight excluding hydrogens is 466 g/mol. The van der Waals surface area contributed by atoms with Gasteiger partial charge in [0.1, 0.15) is 23.7 Å². The molecule has 4 rings (SSSR count). The van der Waals surface area contributed by atoms with Gasteiger partial charge in [0.05, 0.1) is 16.7 Å². The van der Waals surface area contributed by atoms with Gasteiger partial charge in [-0.3, -0.25) is 4.79 Å². The molecule has 4 aromatic rings. The number of benzene rings is 2. The van der Waals surface area contributed by atoms with Crippen LogP contribution in [0.2, 0.25) is 0 Å². The van der Waals surface area contributed by atoms with Crippen molar-refractivity contribution >= 4 is 11.6 Å². The molecule has 1 N–H and O–H groups in total. The zero-order valence-corrected chi connectivity index (χ0v) is 18.2. The van der Waals surface area contributed by atoms with Crippen LogP contribution in [0, 0.1) is 5.82 Å². The number of hydrogen-bond donors (Lipinski definition) is 1. The first kappa shape index (κ1) is 23.7. The summed E-state index contributed by atoms with van der Waals surface area (Å²) in [4.78, 5) is 29.4. The first-order valence-electron chi connectivity index (χ1n) is 10.3. The molecule has 35 heavy (non-hydrogen) atoms. The third-order valence-electron chi connectivity index (χ3n) is 4.79. The van der Waals surface area contributed by atoms with Crippen molar-refractivity contribution in [1.82, 2.24) is 19.9 Å². The minimum Gasteiger partial charge on any atom is -0.438 e. The standard InChI is InChI=1S/C24H17F4N5O2/c1-2-20-30-13-31-21(33-20)17-7-4-10-29-23(17)35-16-8-9-19(25)18(12-16)22(34)32-15-6-3-5-14(11-15)24(26,27)28/h3-13H,2H2,1H3,(H,32,34). The molecule has 0 saturated heterocycles. The van der Waals surface area contributed by atoms with Crippen molar-refractivity contribution in [2.24, 2.45) is 0 Å². The Morgan fingerprint density at radius 1 is 1.03 bits per heavy atom. The van der Waals surface area contributed by atoms with E-state index in [-0.39, 0.29) is 17.3 Å². The van der Waals surface area contributed by atoms with Crippen LogP contribution in [-0.2, 0) is 12.6 Å². The summed E-state index contributed by atoms with van der Waals surface area (Å²) in [5, 5.41) is 2.28. The fourth-order valence-electron chi connectivity index (χ4n) is 3.10. The number of halogens is 4. The number of pyridine rings is 1. The highest BCUT2D eigenvalue weighted by molar-refractivity contribution is 6.04. The van der Waals surface area contributed by atoms with Crippen LogP contribution in [0.15, 0.2) is 67.1 Å². The summed E-state index contributed by atoms with van der Waals surface area (Å²) >= 11 is 0. The van der Waals surface area contributed by atoms with E-state index in [2.05, 4.69) is 25.3 Å². The van der Waals surface area contributed by atoms with Crippen LogP contribution >= 0.6 is 0 Å². The van der Waals surface area contributed by atoms with Crippen LogP contribution in [0.5, 0.6) is 11.6 Å². The number of nitrogens with zero attached hydrogens (tertiary/aromatic N) is 4. The van der Waals surface area contributed by atoms with Crippen molar-refractivity contribution in [3.8, 4) is 23.0 Å². The number of alkyl halides is 3. The first-order chi connectivity index (χ1) is 16.7. The summed E-state index contributed by atoms with van der Waals surface area (Å²) in [5.74, 6) is -0.752. The third-order valence-corrected chi connectivity index (χ3v) is 4.79. The van der Waals surface area contributed by atoms with Crippen LogP contribution in [0.1, 0.15) is 28.7 Å². The van der Waals surface area contributed by atoms with Crippen molar-refractivity contribution in [1.29, 1.82) is 0 Å². The number of carbonyl (C=O) groups excluding carboxylic acids is 1. The Bertz CT molecular complexity index is 1380. The minimum absolute atomic E-state index is 0.0744. The molecular formula is C24H17F4N5O2. The molecule has 0 fully saturated rings. The van der Waals surface area contributed by atoms with E-state index in [0.717, 1.165) is 30.3 Å². The number of aryl methyl sites for hydroxylation is 1. The fourth-order valence-corrected chi connectivity index (χ4v) is 3.10. The molecule has 178 valence electrons. The predicted molar refractivity (Wildman–Crippen MR) is 118 cm³/mol. The van der Waals surface area contributed by atoms with Crippen molar-refractivity contribution in [2.75, 3.05) is 5.32 Å². The molecule has 0 aliphatic heterocycles. The Labute approximate surface area is 196 Å². The number of hydrogen-bond acceptors (Lipinski definition) is 6. The van der Waals surface area contributed by atoms with Gasteiger partial charge in [-0.2, -0.15) is 13.2 Å². The predicted octanol–water partition coefficient (Wildman–Crippen LogP) is 5.70. The second-order valence-electron chi connectivity index (χ2n) is 7.21. The number of carbonyl (C=O) groups is 1. The number of rotatable bonds is 6. The Morgan fingerprint density at radius 2 is 1.86 bits per heavy atom. The SMILES string of the molecule is CCc1ncnc(-c2cccnc2Oc2ccc(F)c(C(=O)Nc3cccc(C(F)(F)F)c3)c2)n1. The number of nitrogens with one attached hydrogen (secondary N) is 1. The fraction of sp³-hybridized carbons (Fsp3) is 0.125. The number of amides is 1. The van der Waals surface area contributed by atoms with Gasteiger partial charge in [-0.15, -0.1) is 0 Å². The molecule has 7 nitrogen and oxygen atoms in total. The molecule has 2 aromatic carbocycles. The van der Waals surface area contributed by atoms with Crippen molar-refractivity contribution < 1.29 is 27.1 Å². The number of aromatic nitrogens is 4. The number of ether oxygens (including phenoxy) is 1. The Balaban J connectivity index is 1.60. The second kappa shape index (κ2) is 9.84. The summed E-state index contributed by atoms with van der Waals surface area (Å²) in [6.07, 6.45) is -1.15. The molecule has 0 unspecified atom stereocenters. The quantitative estimate of drug-likeness (QED) is 0.354. The summed E-state index contributed by atoms with van der Waals surface area (Å²) in [7, 11) is 0. The van der Waals surface area contributed by atoms with Gasteiger partial charge in [0.25, 0.3) is 5.91 Å². The maximum Gasteiger partial charge on any atom is 0.416 e. The molecule has 0 aliphatic rings. The lowest BCUT2D eigenvalue weighted by atomic mass is 10.1. The second-order valence-corrected chi connectivity index (χ2v) is 7.21.